The van der Waals surface area contributed by atoms with Crippen molar-refractivity contribution in [3.63, 3.8) is 0 Å². The van der Waals surface area contributed by atoms with Crippen LogP contribution >= 0.6 is 0 Å². The van der Waals surface area contributed by atoms with Crippen molar-refractivity contribution in [1.82, 2.24) is 4.90 Å². The van der Waals surface area contributed by atoms with Crippen molar-refractivity contribution >= 4 is 5.91 Å². The Hall–Kier alpha value is -1.55. The van der Waals surface area contributed by atoms with Gasteiger partial charge in [-0.3, -0.25) is 4.79 Å². The van der Waals surface area contributed by atoms with Crippen LogP contribution in [0.25, 0.3) is 0 Å². The molecule has 0 saturated carbocycles. The molecule has 1 rings (SSSR count). The molecule has 4 heteroatoms. The van der Waals surface area contributed by atoms with Gasteiger partial charge in [-0.25, -0.2) is 0 Å². The number of para-hydroxylation sites is 1. The molecule has 1 amide bonds. The van der Waals surface area contributed by atoms with Crippen molar-refractivity contribution in [2.75, 3.05) is 20.2 Å². The second-order valence-electron chi connectivity index (χ2n) is 5.19. The zero-order valence-corrected chi connectivity index (χ0v) is 12.8. The molecule has 0 aliphatic rings. The fraction of sp³-hybridized carbons (Fsp3) is 0.562. The van der Waals surface area contributed by atoms with Crippen LogP contribution in [0.3, 0.4) is 0 Å². The molecule has 0 fully saturated rings. The Labute approximate surface area is 121 Å². The third kappa shape index (κ3) is 4.23. The Morgan fingerprint density at radius 1 is 1.35 bits per heavy atom. The van der Waals surface area contributed by atoms with E-state index in [1.165, 1.54) is 4.90 Å². The minimum Gasteiger partial charge on any atom is -0.480 e. The quantitative estimate of drug-likeness (QED) is 0.834. The van der Waals surface area contributed by atoms with E-state index in [2.05, 4.69) is 13.8 Å². The highest BCUT2D eigenvalue weighted by Gasteiger charge is 2.23. The van der Waals surface area contributed by atoms with Gasteiger partial charge in [0.2, 0.25) is 0 Å². The minimum atomic E-state index is -0.508. The summed E-state index contributed by atoms with van der Waals surface area (Å²) >= 11 is 0. The van der Waals surface area contributed by atoms with Crippen LogP contribution in [0.5, 0.6) is 5.75 Å². The maximum atomic E-state index is 12.2. The van der Waals surface area contributed by atoms with Crippen molar-refractivity contribution in [1.29, 1.82) is 0 Å². The molecular formula is C16H25NO3. The van der Waals surface area contributed by atoms with E-state index in [4.69, 9.17) is 9.84 Å². The summed E-state index contributed by atoms with van der Waals surface area (Å²) in [7, 11) is 1.68. The van der Waals surface area contributed by atoms with Crippen LogP contribution in [-0.4, -0.2) is 42.2 Å². The molecule has 0 radical (unpaired) electrons. The predicted molar refractivity (Wildman–Crippen MR) is 80.0 cm³/mol. The summed E-state index contributed by atoms with van der Waals surface area (Å²) in [6, 6.07) is 7.81. The van der Waals surface area contributed by atoms with Crippen LogP contribution in [0.2, 0.25) is 0 Å². The Morgan fingerprint density at radius 2 is 2.00 bits per heavy atom. The molecule has 1 aromatic rings. The van der Waals surface area contributed by atoms with Gasteiger partial charge in [0, 0.05) is 13.6 Å². The van der Waals surface area contributed by atoms with Crippen LogP contribution in [0, 0.1) is 0 Å². The van der Waals surface area contributed by atoms with Crippen LogP contribution in [-0.2, 0) is 4.79 Å². The highest BCUT2D eigenvalue weighted by molar-refractivity contribution is 5.81. The molecule has 1 atom stereocenters. The smallest absolute Gasteiger partial charge is 0.263 e. The number of aliphatic hydroxyl groups excluding tert-OH is 1. The van der Waals surface area contributed by atoms with Crippen molar-refractivity contribution in [3.8, 4) is 5.75 Å². The van der Waals surface area contributed by atoms with Gasteiger partial charge in [0.25, 0.3) is 5.91 Å². The number of rotatable bonds is 7. The normalized spacial score (nSPS) is 12.3. The van der Waals surface area contributed by atoms with Crippen molar-refractivity contribution in [3.05, 3.63) is 29.8 Å². The van der Waals surface area contributed by atoms with E-state index in [0.717, 1.165) is 11.3 Å². The van der Waals surface area contributed by atoms with Crippen molar-refractivity contribution < 1.29 is 14.6 Å². The summed E-state index contributed by atoms with van der Waals surface area (Å²) in [5.74, 6) is 1.01. The average molecular weight is 279 g/mol. The summed E-state index contributed by atoms with van der Waals surface area (Å²) in [4.78, 5) is 13.7. The Morgan fingerprint density at radius 3 is 2.55 bits per heavy atom. The molecular weight excluding hydrogens is 254 g/mol. The molecule has 112 valence electrons. The summed E-state index contributed by atoms with van der Waals surface area (Å²) in [6.07, 6.45) is 0.0903. The molecule has 0 bridgehead atoms. The van der Waals surface area contributed by atoms with Gasteiger partial charge in [-0.2, -0.15) is 0 Å². The van der Waals surface area contributed by atoms with E-state index in [-0.39, 0.29) is 12.5 Å². The first-order valence-corrected chi connectivity index (χ1v) is 7.12. The van der Waals surface area contributed by atoms with E-state index >= 15 is 0 Å². The van der Waals surface area contributed by atoms with E-state index in [9.17, 15) is 4.79 Å². The van der Waals surface area contributed by atoms with E-state index < -0.39 is 6.10 Å². The van der Waals surface area contributed by atoms with Gasteiger partial charge in [0.05, 0.1) is 6.61 Å². The lowest BCUT2D eigenvalue weighted by atomic mass is 10.0. The Bertz CT molecular complexity index is 431. The molecule has 0 heterocycles. The molecule has 4 nitrogen and oxygen atoms in total. The first-order valence-electron chi connectivity index (χ1n) is 7.12. The first-order chi connectivity index (χ1) is 9.51. The highest BCUT2D eigenvalue weighted by atomic mass is 16.5. The van der Waals surface area contributed by atoms with Crippen LogP contribution < -0.4 is 4.74 Å². The van der Waals surface area contributed by atoms with Crippen LogP contribution in [0.4, 0.5) is 0 Å². The number of likely N-dealkylation sites (N-methyl/N-ethyl adjacent to an activating group) is 1. The van der Waals surface area contributed by atoms with E-state index in [1.807, 2.05) is 31.2 Å². The standard InChI is InChI=1S/C16H25NO3/c1-5-14(16(19)17(4)10-11-18)20-15-9-7-6-8-13(15)12(2)3/h6-9,12,14,18H,5,10-11H2,1-4H3. The van der Waals surface area contributed by atoms with Gasteiger partial charge in [0.1, 0.15) is 5.75 Å². The highest BCUT2D eigenvalue weighted by Crippen LogP contribution is 2.27. The Kier molecular flexibility index (Phi) is 6.52. The fourth-order valence-electron chi connectivity index (χ4n) is 2.03. The van der Waals surface area contributed by atoms with Crippen LogP contribution in [0.15, 0.2) is 24.3 Å². The molecule has 1 unspecified atom stereocenters. The largest absolute Gasteiger partial charge is 0.480 e. The van der Waals surface area contributed by atoms with Gasteiger partial charge in [-0.1, -0.05) is 39.0 Å². The topological polar surface area (TPSA) is 49.8 Å². The molecule has 1 N–H and O–H groups in total. The zero-order chi connectivity index (χ0) is 15.1. The summed E-state index contributed by atoms with van der Waals surface area (Å²) in [5, 5.41) is 8.91. The Balaban J connectivity index is 2.86. The van der Waals surface area contributed by atoms with E-state index in [0.29, 0.717) is 18.9 Å². The zero-order valence-electron chi connectivity index (χ0n) is 12.8. The molecule has 0 aromatic heterocycles. The number of aliphatic hydroxyl groups is 1. The lowest BCUT2D eigenvalue weighted by Crippen LogP contribution is -2.40. The number of hydrogen-bond acceptors (Lipinski definition) is 3. The minimum absolute atomic E-state index is 0.0404. The second-order valence-corrected chi connectivity index (χ2v) is 5.19. The summed E-state index contributed by atoms with van der Waals surface area (Å²) in [6.45, 7) is 6.41. The summed E-state index contributed by atoms with van der Waals surface area (Å²) < 4.78 is 5.91. The molecule has 1 aromatic carbocycles. The lowest BCUT2D eigenvalue weighted by Gasteiger charge is -2.24. The molecule has 0 aliphatic heterocycles. The number of nitrogens with zero attached hydrogens (tertiary/aromatic N) is 1. The van der Waals surface area contributed by atoms with E-state index in [1.54, 1.807) is 7.05 Å². The van der Waals surface area contributed by atoms with Crippen molar-refractivity contribution in [2.45, 2.75) is 39.2 Å². The fourth-order valence-corrected chi connectivity index (χ4v) is 2.03. The van der Waals surface area contributed by atoms with Gasteiger partial charge in [-0.05, 0) is 24.0 Å². The number of hydrogen-bond donors (Lipinski definition) is 1. The summed E-state index contributed by atoms with van der Waals surface area (Å²) in [5.41, 5.74) is 1.10. The number of benzene rings is 1. The predicted octanol–water partition coefficient (Wildman–Crippen LogP) is 2.42. The first kappa shape index (κ1) is 16.5. The second kappa shape index (κ2) is 7.90. The van der Waals surface area contributed by atoms with Gasteiger partial charge >= 0.3 is 0 Å². The van der Waals surface area contributed by atoms with Gasteiger partial charge in [0.15, 0.2) is 6.10 Å². The van der Waals surface area contributed by atoms with Crippen molar-refractivity contribution in [2.24, 2.45) is 0 Å². The molecule has 0 aliphatic carbocycles. The monoisotopic (exact) mass is 279 g/mol. The third-order valence-electron chi connectivity index (χ3n) is 3.27. The van der Waals surface area contributed by atoms with Gasteiger partial charge in [-0.15, -0.1) is 0 Å². The van der Waals surface area contributed by atoms with Crippen LogP contribution in [0.1, 0.15) is 38.7 Å². The number of carbonyl (C=O) groups is 1. The number of carbonyl (C=O) groups excluding carboxylic acids is 1. The average Bonchev–Trinajstić information content (AvgIpc) is 2.44. The maximum absolute atomic E-state index is 12.2. The lowest BCUT2D eigenvalue weighted by molar-refractivity contribution is -0.138. The molecule has 0 spiro atoms. The SMILES string of the molecule is CCC(Oc1ccccc1C(C)C)C(=O)N(C)CCO. The third-order valence-corrected chi connectivity index (χ3v) is 3.27. The van der Waals surface area contributed by atoms with Gasteiger partial charge < -0.3 is 14.7 Å². The molecule has 20 heavy (non-hydrogen) atoms. The number of ether oxygens (including phenoxy) is 1. The number of amides is 1. The molecule has 0 saturated heterocycles. The maximum Gasteiger partial charge on any atom is 0.263 e.